The predicted molar refractivity (Wildman–Crippen MR) is 103 cm³/mol. The highest BCUT2D eigenvalue weighted by Crippen LogP contribution is 2.27. The molecule has 2 N–H and O–H groups in total. The number of hydrogen-bond donors (Lipinski definition) is 2. The molecule has 0 aliphatic carbocycles. The minimum atomic E-state index is -0.291. The number of carbonyl (C=O) groups is 1. The summed E-state index contributed by atoms with van der Waals surface area (Å²) in [6.45, 7) is 1.87. The maximum atomic E-state index is 13.6. The van der Waals surface area contributed by atoms with E-state index < -0.39 is 0 Å². The standard InChI is InChI=1S/C21H23FN4O/c1-25(11-12-26-10-9-15-5-2-3-8-19(15)26)21(27)18-14-23-24-20(18)16-6-4-7-17(22)13-16/h2-10,13,18,20,23-24H,11-12,14H2,1H3. The number of hydrogen-bond acceptors (Lipinski definition) is 3. The summed E-state index contributed by atoms with van der Waals surface area (Å²) in [4.78, 5) is 14.7. The van der Waals surface area contributed by atoms with Crippen LogP contribution in [0.3, 0.4) is 0 Å². The number of nitrogens with one attached hydrogen (secondary N) is 2. The van der Waals surface area contributed by atoms with E-state index >= 15 is 0 Å². The van der Waals surface area contributed by atoms with Crippen LogP contribution in [0.1, 0.15) is 11.6 Å². The van der Waals surface area contributed by atoms with Crippen molar-refractivity contribution in [2.24, 2.45) is 5.92 Å². The Morgan fingerprint density at radius 3 is 2.93 bits per heavy atom. The molecule has 1 fully saturated rings. The van der Waals surface area contributed by atoms with Gasteiger partial charge in [0.15, 0.2) is 0 Å². The maximum absolute atomic E-state index is 13.6. The van der Waals surface area contributed by atoms with Crippen LogP contribution in [0, 0.1) is 11.7 Å². The van der Waals surface area contributed by atoms with E-state index in [2.05, 4.69) is 39.8 Å². The first kappa shape index (κ1) is 17.7. The van der Waals surface area contributed by atoms with Gasteiger partial charge in [0.25, 0.3) is 0 Å². The highest BCUT2D eigenvalue weighted by molar-refractivity contribution is 5.81. The summed E-state index contributed by atoms with van der Waals surface area (Å²) in [6, 6.07) is 16.5. The van der Waals surface area contributed by atoms with Crippen molar-refractivity contribution in [2.45, 2.75) is 12.6 Å². The number of fused-ring (bicyclic) bond motifs is 1. The summed E-state index contributed by atoms with van der Waals surface area (Å²) in [6.07, 6.45) is 2.05. The Labute approximate surface area is 157 Å². The second-order valence-corrected chi connectivity index (χ2v) is 6.99. The Balaban J connectivity index is 1.43. The van der Waals surface area contributed by atoms with Crippen LogP contribution >= 0.6 is 0 Å². The summed E-state index contributed by atoms with van der Waals surface area (Å²) in [5, 5.41) is 1.20. The summed E-state index contributed by atoms with van der Waals surface area (Å²) < 4.78 is 15.7. The lowest BCUT2D eigenvalue weighted by molar-refractivity contribution is -0.134. The highest BCUT2D eigenvalue weighted by Gasteiger charge is 2.35. The first-order valence-electron chi connectivity index (χ1n) is 9.16. The highest BCUT2D eigenvalue weighted by atomic mass is 19.1. The van der Waals surface area contributed by atoms with E-state index in [1.54, 1.807) is 11.0 Å². The Bertz CT molecular complexity index is 954. The molecule has 1 aliphatic heterocycles. The Kier molecular flexibility index (Phi) is 4.92. The van der Waals surface area contributed by atoms with Gasteiger partial charge in [-0.25, -0.2) is 9.82 Å². The van der Waals surface area contributed by atoms with Crippen LogP contribution in [0.15, 0.2) is 60.8 Å². The normalized spacial score (nSPS) is 19.5. The fraction of sp³-hybridized carbons (Fsp3) is 0.286. The average Bonchev–Trinajstić information content (AvgIpc) is 3.33. The number of rotatable bonds is 5. The van der Waals surface area contributed by atoms with E-state index in [1.165, 1.54) is 23.0 Å². The van der Waals surface area contributed by atoms with E-state index in [0.29, 0.717) is 13.1 Å². The molecule has 2 heterocycles. The largest absolute Gasteiger partial charge is 0.346 e. The lowest BCUT2D eigenvalue weighted by atomic mass is 9.93. The Morgan fingerprint density at radius 1 is 1.22 bits per heavy atom. The van der Waals surface area contributed by atoms with Crippen LogP contribution in [0.5, 0.6) is 0 Å². The van der Waals surface area contributed by atoms with Gasteiger partial charge in [-0.2, -0.15) is 0 Å². The predicted octanol–water partition coefficient (Wildman–Crippen LogP) is 2.70. The summed E-state index contributed by atoms with van der Waals surface area (Å²) in [7, 11) is 1.83. The van der Waals surface area contributed by atoms with Crippen molar-refractivity contribution >= 4 is 16.8 Å². The van der Waals surface area contributed by atoms with Gasteiger partial charge in [-0.05, 0) is 35.2 Å². The zero-order valence-electron chi connectivity index (χ0n) is 15.2. The molecule has 1 aromatic heterocycles. The minimum absolute atomic E-state index is 0.0539. The van der Waals surface area contributed by atoms with Crippen molar-refractivity contribution in [3.8, 4) is 0 Å². The molecule has 27 heavy (non-hydrogen) atoms. The van der Waals surface area contributed by atoms with Gasteiger partial charge in [0.2, 0.25) is 5.91 Å². The number of halogens is 1. The molecule has 4 rings (SSSR count). The molecule has 2 unspecified atom stereocenters. The number of carbonyl (C=O) groups excluding carboxylic acids is 1. The lowest BCUT2D eigenvalue weighted by Gasteiger charge is -2.25. The van der Waals surface area contributed by atoms with Crippen LogP contribution in [0.25, 0.3) is 10.9 Å². The number of aromatic nitrogens is 1. The van der Waals surface area contributed by atoms with E-state index in [0.717, 1.165) is 12.1 Å². The van der Waals surface area contributed by atoms with Crippen molar-refractivity contribution in [1.29, 1.82) is 0 Å². The summed E-state index contributed by atoms with van der Waals surface area (Å²) in [5.74, 6) is -0.503. The van der Waals surface area contributed by atoms with E-state index in [1.807, 2.05) is 25.2 Å². The molecule has 1 amide bonds. The van der Waals surface area contributed by atoms with Crippen LogP contribution in [0.2, 0.25) is 0 Å². The van der Waals surface area contributed by atoms with Gasteiger partial charge in [0, 0.05) is 38.4 Å². The summed E-state index contributed by atoms with van der Waals surface area (Å²) >= 11 is 0. The topological polar surface area (TPSA) is 49.3 Å². The van der Waals surface area contributed by atoms with Gasteiger partial charge >= 0.3 is 0 Å². The van der Waals surface area contributed by atoms with Crippen molar-refractivity contribution in [2.75, 3.05) is 20.1 Å². The number of amides is 1. The molecule has 140 valence electrons. The third-order valence-electron chi connectivity index (χ3n) is 5.24. The number of likely N-dealkylation sites (N-methyl/N-ethyl adjacent to an activating group) is 1. The molecule has 0 spiro atoms. The maximum Gasteiger partial charge on any atom is 0.228 e. The fourth-order valence-corrected chi connectivity index (χ4v) is 3.73. The van der Waals surface area contributed by atoms with Crippen molar-refractivity contribution < 1.29 is 9.18 Å². The van der Waals surface area contributed by atoms with Crippen LogP contribution < -0.4 is 10.9 Å². The van der Waals surface area contributed by atoms with Gasteiger partial charge in [-0.3, -0.25) is 10.2 Å². The van der Waals surface area contributed by atoms with Gasteiger partial charge in [-0.1, -0.05) is 30.3 Å². The minimum Gasteiger partial charge on any atom is -0.346 e. The van der Waals surface area contributed by atoms with Gasteiger partial charge in [0.05, 0.1) is 12.0 Å². The van der Waals surface area contributed by atoms with E-state index in [4.69, 9.17) is 0 Å². The fourth-order valence-electron chi connectivity index (χ4n) is 3.73. The summed E-state index contributed by atoms with van der Waals surface area (Å²) in [5.41, 5.74) is 8.10. The molecule has 1 saturated heterocycles. The average molecular weight is 366 g/mol. The molecule has 1 aliphatic rings. The molecular formula is C21H23FN4O. The van der Waals surface area contributed by atoms with Crippen LogP contribution in [0.4, 0.5) is 4.39 Å². The monoisotopic (exact) mass is 366 g/mol. The first-order valence-corrected chi connectivity index (χ1v) is 9.16. The van der Waals surface area contributed by atoms with Crippen LogP contribution in [-0.2, 0) is 11.3 Å². The second kappa shape index (κ2) is 7.50. The molecule has 2 aromatic carbocycles. The van der Waals surface area contributed by atoms with Gasteiger partial charge < -0.3 is 9.47 Å². The Hall–Kier alpha value is -2.70. The second-order valence-electron chi connectivity index (χ2n) is 6.99. The molecule has 2 atom stereocenters. The third-order valence-corrected chi connectivity index (χ3v) is 5.24. The van der Waals surface area contributed by atoms with Crippen molar-refractivity contribution in [3.05, 3.63) is 72.2 Å². The molecule has 6 heteroatoms. The first-order chi connectivity index (χ1) is 13.1. The molecule has 5 nitrogen and oxygen atoms in total. The molecular weight excluding hydrogens is 343 g/mol. The number of para-hydroxylation sites is 1. The smallest absolute Gasteiger partial charge is 0.228 e. The quantitative estimate of drug-likeness (QED) is 0.730. The van der Waals surface area contributed by atoms with E-state index in [-0.39, 0.29) is 23.7 Å². The number of nitrogens with zero attached hydrogens (tertiary/aromatic N) is 2. The third kappa shape index (κ3) is 3.59. The molecule has 0 saturated carbocycles. The molecule has 0 bridgehead atoms. The van der Waals surface area contributed by atoms with Crippen molar-refractivity contribution in [1.82, 2.24) is 20.3 Å². The van der Waals surface area contributed by atoms with E-state index in [9.17, 15) is 9.18 Å². The number of benzene rings is 2. The SMILES string of the molecule is CN(CCn1ccc2ccccc21)C(=O)C1CNNC1c1cccc(F)c1. The van der Waals surface area contributed by atoms with Crippen LogP contribution in [-0.4, -0.2) is 35.5 Å². The number of hydrazine groups is 1. The lowest BCUT2D eigenvalue weighted by Crippen LogP contribution is -2.38. The molecule has 0 radical (unpaired) electrons. The zero-order chi connectivity index (χ0) is 18.8. The molecule has 3 aromatic rings. The van der Waals surface area contributed by atoms with Gasteiger partial charge in [0.1, 0.15) is 5.82 Å². The van der Waals surface area contributed by atoms with Crippen molar-refractivity contribution in [3.63, 3.8) is 0 Å². The Morgan fingerprint density at radius 2 is 2.07 bits per heavy atom. The zero-order valence-corrected chi connectivity index (χ0v) is 15.2. The van der Waals surface area contributed by atoms with Gasteiger partial charge in [-0.15, -0.1) is 0 Å².